The summed E-state index contributed by atoms with van der Waals surface area (Å²) in [6.07, 6.45) is -0.971. The first-order valence-corrected chi connectivity index (χ1v) is 11.9. The summed E-state index contributed by atoms with van der Waals surface area (Å²) in [6, 6.07) is 11.2. The van der Waals surface area contributed by atoms with Crippen LogP contribution in [0.4, 0.5) is 13.2 Å². The first-order valence-electron chi connectivity index (χ1n) is 11.0. The third-order valence-electron chi connectivity index (χ3n) is 5.69. The maximum atomic E-state index is 12.9. The summed E-state index contributed by atoms with van der Waals surface area (Å²) in [5, 5.41) is 6.80. The molecule has 2 aromatic heterocycles. The van der Waals surface area contributed by atoms with Crippen molar-refractivity contribution in [3.8, 4) is 0 Å². The Bertz CT molecular complexity index is 1230. The van der Waals surface area contributed by atoms with Crippen molar-refractivity contribution < 1.29 is 22.8 Å². The number of rotatable bonds is 7. The largest absolute Gasteiger partial charge is 0.417 e. The molecule has 184 valence electrons. The lowest BCUT2D eigenvalue weighted by Gasteiger charge is -2.31. The van der Waals surface area contributed by atoms with Gasteiger partial charge in [0.05, 0.1) is 22.5 Å². The highest BCUT2D eigenvalue weighted by Crippen LogP contribution is 2.30. The van der Waals surface area contributed by atoms with Gasteiger partial charge in [-0.1, -0.05) is 35.5 Å². The minimum Gasteiger partial charge on any atom is -0.391 e. The van der Waals surface area contributed by atoms with Gasteiger partial charge in [-0.05, 0) is 24.5 Å². The molecule has 0 spiro atoms. The van der Waals surface area contributed by atoms with Gasteiger partial charge in [-0.15, -0.1) is 11.3 Å². The number of nitrogens with zero attached hydrogens (tertiary/aromatic N) is 4. The number of benzene rings is 1. The van der Waals surface area contributed by atoms with Crippen LogP contribution in [0.15, 0.2) is 64.0 Å². The Kier molecular flexibility index (Phi) is 7.64. The second-order valence-corrected chi connectivity index (χ2v) is 9.03. The van der Waals surface area contributed by atoms with Gasteiger partial charge < -0.3 is 14.3 Å². The molecule has 0 radical (unpaired) electrons. The predicted octanol–water partition coefficient (Wildman–Crippen LogP) is 4.28. The quantitative estimate of drug-likeness (QED) is 0.356. The van der Waals surface area contributed by atoms with Crippen LogP contribution in [-0.4, -0.2) is 39.7 Å². The lowest BCUT2D eigenvalue weighted by Crippen LogP contribution is -2.41. The van der Waals surface area contributed by atoms with Gasteiger partial charge in [-0.3, -0.25) is 9.59 Å². The number of pyridine rings is 1. The van der Waals surface area contributed by atoms with Crippen LogP contribution in [0.3, 0.4) is 0 Å². The lowest BCUT2D eigenvalue weighted by atomic mass is 9.97. The van der Waals surface area contributed by atoms with E-state index < -0.39 is 23.8 Å². The average molecular weight is 505 g/mol. The Morgan fingerprint density at radius 3 is 2.63 bits per heavy atom. The summed E-state index contributed by atoms with van der Waals surface area (Å²) in [4.78, 5) is 36.0. The summed E-state index contributed by atoms with van der Waals surface area (Å²) in [6.45, 7) is 0.836. The molecule has 4 rings (SSSR count). The van der Waals surface area contributed by atoms with E-state index in [1.807, 2.05) is 35.7 Å². The predicted molar refractivity (Wildman–Crippen MR) is 125 cm³/mol. The molecule has 7 nitrogen and oxygen atoms in total. The van der Waals surface area contributed by atoms with Crippen molar-refractivity contribution in [1.29, 1.82) is 0 Å². The number of carbonyl (C=O) groups is 1. The Morgan fingerprint density at radius 1 is 1.17 bits per heavy atom. The first-order chi connectivity index (χ1) is 16.8. The van der Waals surface area contributed by atoms with Gasteiger partial charge in [0.25, 0.3) is 5.56 Å². The molecule has 3 heterocycles. The van der Waals surface area contributed by atoms with Crippen LogP contribution in [0.2, 0.25) is 0 Å². The normalized spacial score (nSPS) is 15.0. The molecule has 35 heavy (non-hydrogen) atoms. The molecule has 1 aliphatic rings. The van der Waals surface area contributed by atoms with E-state index >= 15 is 0 Å². The summed E-state index contributed by atoms with van der Waals surface area (Å²) >= 11 is 1.52. The number of oxime groups is 1. The van der Waals surface area contributed by atoms with Crippen LogP contribution < -0.4 is 5.56 Å². The van der Waals surface area contributed by atoms with Crippen LogP contribution >= 0.6 is 11.3 Å². The van der Waals surface area contributed by atoms with Crippen molar-refractivity contribution >= 4 is 23.5 Å². The van der Waals surface area contributed by atoms with Crippen LogP contribution in [0, 0.1) is 0 Å². The van der Waals surface area contributed by atoms with E-state index in [9.17, 15) is 22.8 Å². The second kappa shape index (κ2) is 10.9. The maximum absolute atomic E-state index is 12.9. The third kappa shape index (κ3) is 6.56. The van der Waals surface area contributed by atoms with Crippen molar-refractivity contribution in [2.75, 3.05) is 13.1 Å². The molecular weight excluding hydrogens is 481 g/mol. The highest BCUT2D eigenvalue weighted by molar-refractivity contribution is 7.09. The Balaban J connectivity index is 1.27. The summed E-state index contributed by atoms with van der Waals surface area (Å²) in [5.74, 6) is -0.208. The molecule has 0 unspecified atom stereocenters. The number of alkyl halides is 3. The minimum atomic E-state index is -4.58. The van der Waals surface area contributed by atoms with Crippen molar-refractivity contribution in [2.24, 2.45) is 5.16 Å². The summed E-state index contributed by atoms with van der Waals surface area (Å²) in [5.41, 5.74) is 0.103. The van der Waals surface area contributed by atoms with E-state index in [0.29, 0.717) is 44.4 Å². The maximum Gasteiger partial charge on any atom is 0.417 e. The van der Waals surface area contributed by atoms with E-state index in [-0.39, 0.29) is 11.8 Å². The molecule has 0 N–H and O–H groups in total. The minimum absolute atomic E-state index is 0.174. The highest BCUT2D eigenvalue weighted by Gasteiger charge is 2.31. The van der Waals surface area contributed by atoms with Crippen molar-refractivity contribution in [2.45, 2.75) is 38.1 Å². The van der Waals surface area contributed by atoms with E-state index in [0.717, 1.165) is 27.3 Å². The molecule has 0 saturated carbocycles. The van der Waals surface area contributed by atoms with E-state index in [4.69, 9.17) is 4.84 Å². The van der Waals surface area contributed by atoms with Gasteiger partial charge in [0.1, 0.15) is 13.2 Å². The molecule has 1 saturated heterocycles. The molecule has 1 aromatic carbocycles. The number of halogens is 3. The molecule has 11 heteroatoms. The number of carbonyl (C=O) groups excluding carboxylic acids is 1. The van der Waals surface area contributed by atoms with Gasteiger partial charge in [0, 0.05) is 36.7 Å². The van der Waals surface area contributed by atoms with Crippen molar-refractivity contribution in [3.63, 3.8) is 0 Å². The van der Waals surface area contributed by atoms with E-state index in [1.165, 1.54) is 11.3 Å². The van der Waals surface area contributed by atoms with Crippen LogP contribution in [0.5, 0.6) is 0 Å². The zero-order valence-corrected chi connectivity index (χ0v) is 19.5. The second-order valence-electron chi connectivity index (χ2n) is 8.14. The third-order valence-corrected chi connectivity index (χ3v) is 6.71. The number of thiazole rings is 1. The van der Waals surface area contributed by atoms with Gasteiger partial charge in [0.15, 0.2) is 0 Å². The molecule has 1 amide bonds. The Hall–Kier alpha value is -3.47. The fraction of sp³-hybridized carbons (Fsp3) is 0.333. The Labute approximate surface area is 203 Å². The number of amides is 1. The van der Waals surface area contributed by atoms with Gasteiger partial charge in [0.2, 0.25) is 5.91 Å². The molecule has 1 aliphatic heterocycles. The topological polar surface area (TPSA) is 76.8 Å². The average Bonchev–Trinajstić information content (AvgIpc) is 3.32. The molecule has 1 fully saturated rings. The molecule has 0 aliphatic carbocycles. The first kappa shape index (κ1) is 24.6. The summed E-state index contributed by atoms with van der Waals surface area (Å²) in [7, 11) is 0. The van der Waals surface area contributed by atoms with E-state index in [2.05, 4.69) is 10.1 Å². The standard InChI is InChI=1S/C24H23F3N4O3S/c25-24(26,27)19-6-7-21(32)31(13-19)14-22(33)30-10-8-18(9-11-30)23-29-20(16-35-23)12-28-34-15-17-4-2-1-3-5-17/h1-7,12-13,16,18H,8-11,14-15H2. The van der Waals surface area contributed by atoms with Gasteiger partial charge in [-0.25, -0.2) is 4.98 Å². The van der Waals surface area contributed by atoms with Crippen molar-refractivity contribution in [1.82, 2.24) is 14.5 Å². The fourth-order valence-electron chi connectivity index (χ4n) is 3.77. The number of aromatic nitrogens is 2. The van der Waals surface area contributed by atoms with Crippen LogP contribution in [-0.2, 0) is 29.0 Å². The molecule has 0 bridgehead atoms. The van der Waals surface area contributed by atoms with E-state index in [1.54, 1.807) is 11.1 Å². The molecule has 3 aromatic rings. The van der Waals surface area contributed by atoms with Gasteiger partial charge in [-0.2, -0.15) is 13.2 Å². The number of piperidine rings is 1. The zero-order valence-electron chi connectivity index (χ0n) is 18.6. The van der Waals surface area contributed by atoms with Crippen molar-refractivity contribution in [3.05, 3.63) is 86.2 Å². The molecular formula is C24H23F3N4O3S. The smallest absolute Gasteiger partial charge is 0.391 e. The number of hydrogen-bond donors (Lipinski definition) is 0. The fourth-order valence-corrected chi connectivity index (χ4v) is 4.71. The number of likely N-dealkylation sites (tertiary alicyclic amines) is 1. The monoisotopic (exact) mass is 504 g/mol. The highest BCUT2D eigenvalue weighted by atomic mass is 32.1. The SMILES string of the molecule is O=C(Cn1cc(C(F)(F)F)ccc1=O)N1CCC(c2nc(C=NOCc3ccccc3)cs2)CC1. The van der Waals surface area contributed by atoms with Crippen LogP contribution in [0.1, 0.15) is 40.6 Å². The van der Waals surface area contributed by atoms with Crippen LogP contribution in [0.25, 0.3) is 0 Å². The van der Waals surface area contributed by atoms with Gasteiger partial charge >= 0.3 is 6.18 Å². The Morgan fingerprint density at radius 2 is 1.91 bits per heavy atom. The molecule has 0 atom stereocenters. The number of hydrogen-bond acceptors (Lipinski definition) is 6. The summed E-state index contributed by atoms with van der Waals surface area (Å²) < 4.78 is 39.6. The zero-order chi connectivity index (χ0) is 24.8. The lowest BCUT2D eigenvalue weighted by molar-refractivity contribution is -0.139.